The van der Waals surface area contributed by atoms with Gasteiger partial charge in [0.2, 0.25) is 0 Å². The first kappa shape index (κ1) is 26.7. The van der Waals surface area contributed by atoms with E-state index >= 15 is 0 Å². The number of nitrogens with two attached hydrogens (primary N) is 2. The minimum absolute atomic E-state index is 0.114. The van der Waals surface area contributed by atoms with Crippen molar-refractivity contribution in [3.63, 3.8) is 0 Å². The zero-order valence-corrected chi connectivity index (χ0v) is 22.3. The highest BCUT2D eigenvalue weighted by Crippen LogP contribution is 2.38. The van der Waals surface area contributed by atoms with Crippen LogP contribution in [0.4, 0.5) is 17.6 Å². The number of aromatic nitrogens is 4. The topological polar surface area (TPSA) is 181 Å². The van der Waals surface area contributed by atoms with E-state index in [2.05, 4.69) is 30.6 Å². The molecule has 0 aliphatic rings. The molecule has 0 aliphatic heterocycles. The lowest BCUT2D eigenvalue weighted by Crippen LogP contribution is -2.25. The fourth-order valence-electron chi connectivity index (χ4n) is 4.26. The van der Waals surface area contributed by atoms with Crippen LogP contribution in [0.3, 0.4) is 0 Å². The fraction of sp³-hybridized carbons (Fsp3) is 0.269. The number of fused-ring (bicyclic) bond motifs is 1. The highest BCUT2D eigenvalue weighted by molar-refractivity contribution is 6.32. The van der Waals surface area contributed by atoms with Gasteiger partial charge in [0.15, 0.2) is 5.95 Å². The Morgan fingerprint density at radius 3 is 2.68 bits per heavy atom. The number of amides is 1. The number of hydrogen-bond acceptors (Lipinski definition) is 9. The highest BCUT2D eigenvalue weighted by atomic mass is 35.5. The maximum Gasteiger partial charge on any atom is 0.255 e. The monoisotopic (exact) mass is 535 g/mol. The van der Waals surface area contributed by atoms with Crippen LogP contribution in [0, 0.1) is 12.3 Å². The van der Waals surface area contributed by atoms with Crippen molar-refractivity contribution in [1.29, 1.82) is 5.41 Å². The molecule has 1 atom stereocenters. The second kappa shape index (κ2) is 10.9. The molecule has 2 aromatic carbocycles. The van der Waals surface area contributed by atoms with Gasteiger partial charge in [-0.2, -0.15) is 0 Å². The number of carbonyl (C=O) groups is 1. The minimum atomic E-state index is -0.432. The van der Waals surface area contributed by atoms with Crippen LogP contribution < -0.4 is 26.8 Å². The molecule has 0 fully saturated rings. The van der Waals surface area contributed by atoms with Crippen molar-refractivity contribution in [3.8, 4) is 5.75 Å². The van der Waals surface area contributed by atoms with Crippen LogP contribution in [-0.2, 0) is 0 Å². The molecule has 0 saturated heterocycles. The Labute approximate surface area is 224 Å². The first-order valence-electron chi connectivity index (χ1n) is 12.1. The van der Waals surface area contributed by atoms with Gasteiger partial charge in [-0.15, -0.1) is 0 Å². The van der Waals surface area contributed by atoms with E-state index in [1.807, 2.05) is 20.8 Å². The lowest BCUT2D eigenvalue weighted by Gasteiger charge is -2.24. The van der Waals surface area contributed by atoms with Crippen LogP contribution >= 0.6 is 11.6 Å². The molecule has 1 unspecified atom stereocenters. The number of imidazole rings is 1. The average Bonchev–Trinajstić information content (AvgIpc) is 3.25. The van der Waals surface area contributed by atoms with Crippen LogP contribution in [0.2, 0.25) is 5.02 Å². The predicted molar refractivity (Wildman–Crippen MR) is 150 cm³/mol. The number of benzene rings is 2. The molecule has 2 heterocycles. The van der Waals surface area contributed by atoms with Gasteiger partial charge in [-0.05, 0) is 51.5 Å². The quantitative estimate of drug-likeness (QED) is 0.172. The molecule has 12 heteroatoms. The van der Waals surface area contributed by atoms with Gasteiger partial charge in [-0.25, -0.2) is 15.0 Å². The van der Waals surface area contributed by atoms with Crippen molar-refractivity contribution in [1.82, 2.24) is 25.3 Å². The zero-order valence-electron chi connectivity index (χ0n) is 21.6. The fourth-order valence-corrected chi connectivity index (χ4v) is 4.47. The molecule has 0 aliphatic carbocycles. The summed E-state index contributed by atoms with van der Waals surface area (Å²) in [6.07, 6.45) is 1.33. The smallest absolute Gasteiger partial charge is 0.255 e. The first-order valence-corrected chi connectivity index (χ1v) is 12.5. The molecule has 0 bridgehead atoms. The number of halogens is 1. The van der Waals surface area contributed by atoms with Crippen LogP contribution in [0.1, 0.15) is 59.4 Å². The van der Waals surface area contributed by atoms with Crippen LogP contribution in [0.25, 0.3) is 11.0 Å². The molecule has 11 nitrogen and oxygen atoms in total. The summed E-state index contributed by atoms with van der Waals surface area (Å²) in [5, 5.41) is 15.5. The van der Waals surface area contributed by atoms with Gasteiger partial charge >= 0.3 is 0 Å². The summed E-state index contributed by atoms with van der Waals surface area (Å²) in [4.78, 5) is 28.6. The normalized spacial score (nSPS) is 11.8. The number of ether oxygens (including phenoxy) is 1. The largest absolute Gasteiger partial charge is 0.493 e. The molecular formula is C26H30ClN9O2. The standard InChI is InChI=1S/C26H30ClN9O2/c1-5-31-25(37)19-12(3)16(27)10-15(22(19)38-6-2)13(4)34-24-20(23(29)32-11-33-24)21(28)14-7-8-17-18(9-14)36-26(30)35-17/h7-11,13,28H,5-6H2,1-4H3,(H,31,37)(H3,30,35,36)(H3,29,32,33,34). The van der Waals surface area contributed by atoms with E-state index in [1.165, 1.54) is 6.33 Å². The molecular weight excluding hydrogens is 506 g/mol. The van der Waals surface area contributed by atoms with Gasteiger partial charge < -0.3 is 31.8 Å². The number of aromatic amines is 1. The van der Waals surface area contributed by atoms with E-state index in [1.54, 1.807) is 31.2 Å². The molecule has 198 valence electrons. The molecule has 1 amide bonds. The number of rotatable bonds is 9. The minimum Gasteiger partial charge on any atom is -0.493 e. The summed E-state index contributed by atoms with van der Waals surface area (Å²) in [5.41, 5.74) is 16.1. The maximum absolute atomic E-state index is 12.9. The Morgan fingerprint density at radius 1 is 1.21 bits per heavy atom. The molecule has 0 radical (unpaired) electrons. The third kappa shape index (κ3) is 5.05. The van der Waals surface area contributed by atoms with E-state index in [0.29, 0.717) is 68.6 Å². The number of nitrogens with zero attached hydrogens (tertiary/aromatic N) is 3. The number of carbonyl (C=O) groups excluding carboxylic acids is 1. The van der Waals surface area contributed by atoms with Crippen LogP contribution in [0.15, 0.2) is 30.6 Å². The Morgan fingerprint density at radius 2 is 1.97 bits per heavy atom. The number of anilines is 3. The first-order chi connectivity index (χ1) is 18.2. The van der Waals surface area contributed by atoms with Gasteiger partial charge in [0.1, 0.15) is 23.7 Å². The SMILES string of the molecule is CCNC(=O)c1c(C)c(Cl)cc(C(C)Nc2ncnc(N)c2C(=N)c2ccc3nc(N)[nH]c3c2)c1OCC. The van der Waals surface area contributed by atoms with Crippen LogP contribution in [0.5, 0.6) is 5.75 Å². The van der Waals surface area contributed by atoms with E-state index in [-0.39, 0.29) is 23.4 Å². The lowest BCUT2D eigenvalue weighted by molar-refractivity contribution is 0.0951. The molecule has 8 N–H and O–H groups in total. The Balaban J connectivity index is 1.76. The molecule has 0 saturated carbocycles. The molecule has 4 rings (SSSR count). The van der Waals surface area contributed by atoms with Crippen molar-refractivity contribution in [2.45, 2.75) is 33.7 Å². The van der Waals surface area contributed by atoms with Crippen molar-refractivity contribution in [2.24, 2.45) is 0 Å². The van der Waals surface area contributed by atoms with Crippen LogP contribution in [-0.4, -0.2) is 44.7 Å². The summed E-state index contributed by atoms with van der Waals surface area (Å²) in [7, 11) is 0. The summed E-state index contributed by atoms with van der Waals surface area (Å²) < 4.78 is 5.97. The Bertz CT molecular complexity index is 1530. The zero-order chi connectivity index (χ0) is 27.6. The number of nitrogen functional groups attached to an aromatic ring is 2. The van der Waals surface area contributed by atoms with Gasteiger partial charge in [0, 0.05) is 22.7 Å². The van der Waals surface area contributed by atoms with Crippen molar-refractivity contribution < 1.29 is 9.53 Å². The lowest BCUT2D eigenvalue weighted by atomic mass is 9.97. The van der Waals surface area contributed by atoms with Crippen molar-refractivity contribution in [3.05, 3.63) is 63.4 Å². The summed E-state index contributed by atoms with van der Waals surface area (Å²) >= 11 is 6.56. The molecule has 0 spiro atoms. The Hall–Kier alpha value is -4.38. The van der Waals surface area contributed by atoms with Gasteiger partial charge in [-0.1, -0.05) is 17.7 Å². The molecule has 4 aromatic rings. The third-order valence-electron chi connectivity index (χ3n) is 6.09. The van der Waals surface area contributed by atoms with Gasteiger partial charge in [0.05, 0.1) is 40.5 Å². The van der Waals surface area contributed by atoms with Crippen molar-refractivity contribution >= 4 is 51.8 Å². The average molecular weight is 536 g/mol. The second-order valence-electron chi connectivity index (χ2n) is 8.65. The number of nitrogens with one attached hydrogen (secondary N) is 4. The van der Waals surface area contributed by atoms with E-state index in [4.69, 9.17) is 33.2 Å². The van der Waals surface area contributed by atoms with Gasteiger partial charge in [-0.3, -0.25) is 10.2 Å². The highest BCUT2D eigenvalue weighted by Gasteiger charge is 2.26. The molecule has 2 aromatic heterocycles. The summed E-state index contributed by atoms with van der Waals surface area (Å²) in [5.74, 6) is 0.933. The van der Waals surface area contributed by atoms with E-state index < -0.39 is 6.04 Å². The summed E-state index contributed by atoms with van der Waals surface area (Å²) in [6.45, 7) is 8.18. The summed E-state index contributed by atoms with van der Waals surface area (Å²) in [6, 6.07) is 6.64. The maximum atomic E-state index is 12.9. The number of H-pyrrole nitrogens is 1. The van der Waals surface area contributed by atoms with Crippen molar-refractivity contribution in [2.75, 3.05) is 29.9 Å². The van der Waals surface area contributed by atoms with E-state index in [0.717, 1.165) is 0 Å². The second-order valence-corrected chi connectivity index (χ2v) is 9.05. The number of hydrogen-bond donors (Lipinski definition) is 6. The predicted octanol–water partition coefficient (Wildman–Crippen LogP) is 4.22. The molecule has 38 heavy (non-hydrogen) atoms. The Kier molecular flexibility index (Phi) is 7.67. The third-order valence-corrected chi connectivity index (χ3v) is 6.49. The van der Waals surface area contributed by atoms with Gasteiger partial charge in [0.25, 0.3) is 5.91 Å². The van der Waals surface area contributed by atoms with E-state index in [9.17, 15) is 4.79 Å².